The summed E-state index contributed by atoms with van der Waals surface area (Å²) in [4.78, 5) is 176. The van der Waals surface area contributed by atoms with Gasteiger partial charge in [0.05, 0.1) is 58.6 Å². The summed E-state index contributed by atoms with van der Waals surface area (Å²) in [5.74, 6) is -1.65. The molecular weight excluding hydrogens is 1800 g/mol. The van der Waals surface area contributed by atoms with Crippen LogP contribution in [0.2, 0.25) is 0 Å². The molecule has 28 atom stereocenters. The topological polar surface area (TPSA) is 901 Å². The molecule has 9 aromatic rings. The Hall–Kier alpha value is -9.28. The normalized spacial score (nSPS) is 32.0. The smallest absolute Gasteiger partial charge is 0.394 e. The van der Waals surface area contributed by atoms with E-state index >= 15 is 0 Å². The average molecular weight is 1870 g/mol. The number of nitrogens with one attached hydrogen (secondary N) is 3. The maximum Gasteiger partial charge on any atom is 0.472 e. The monoisotopic (exact) mass is 1870 g/mol. The molecule has 9 aromatic heterocycles. The van der Waals surface area contributed by atoms with E-state index in [2.05, 4.69) is 54.8 Å². The molecule has 0 radical (unpaired) electrons. The van der Waals surface area contributed by atoms with E-state index in [4.69, 9.17) is 102 Å². The minimum atomic E-state index is -5.93. The molecule has 25 N–H and O–H groups in total. The predicted octanol–water partition coefficient (Wildman–Crippen LogP) is -8.18. The summed E-state index contributed by atoms with van der Waals surface area (Å²) >= 11 is 0. The highest BCUT2D eigenvalue weighted by molar-refractivity contribution is 7.48. The molecule has 15 heterocycles. The largest absolute Gasteiger partial charge is 0.472 e. The van der Waals surface area contributed by atoms with Gasteiger partial charge in [0.15, 0.2) is 64.9 Å². The van der Waals surface area contributed by atoms with Crippen molar-refractivity contribution in [3.63, 3.8) is 0 Å². The lowest BCUT2D eigenvalue weighted by Crippen LogP contribution is -2.39. The van der Waals surface area contributed by atoms with Crippen molar-refractivity contribution in [2.75, 3.05) is 68.3 Å². The fraction of sp³-hybridized carbons (Fsp3) is 0.534. The third kappa shape index (κ3) is 18.8. The molecule has 6 saturated heterocycles. The number of phosphoric ester groups is 5. The summed E-state index contributed by atoms with van der Waals surface area (Å²) in [5, 5.41) is 79.3. The second kappa shape index (κ2) is 35.1. The van der Waals surface area contributed by atoms with Crippen LogP contribution in [-0.2, 0) is 96.5 Å². The number of aliphatic hydroxyl groups is 7. The Morgan fingerprint density at radius 2 is 0.800 bits per heavy atom. The third-order valence-corrected chi connectivity index (χ3v) is 25.0. The lowest BCUT2D eigenvalue weighted by molar-refractivity contribution is -0.0655. The number of hydrogen-bond acceptors (Lipinski definition) is 48. The van der Waals surface area contributed by atoms with Crippen LogP contribution in [0.25, 0.3) is 33.5 Å². The number of rotatable bonds is 32. The van der Waals surface area contributed by atoms with Crippen molar-refractivity contribution in [2.45, 2.75) is 154 Å². The number of hydrogen-bond donors (Lipinski definition) is 20. The highest BCUT2D eigenvalue weighted by Gasteiger charge is 2.57. The number of aromatic nitrogens is 18. The number of aryl methyl sites for hydroxylation is 1. The molecule has 15 rings (SSSR count). The number of ether oxygens (including phenoxy) is 6. The maximum absolute atomic E-state index is 14.5. The van der Waals surface area contributed by atoms with Crippen LogP contribution in [0.5, 0.6) is 0 Å². The van der Waals surface area contributed by atoms with Crippen molar-refractivity contribution < 1.29 is 157 Å². The van der Waals surface area contributed by atoms with E-state index in [0.29, 0.717) is 4.57 Å². The third-order valence-electron chi connectivity index (χ3n) is 20.1. The molecule has 125 heavy (non-hydrogen) atoms. The first-order chi connectivity index (χ1) is 58.9. The maximum atomic E-state index is 14.5. The van der Waals surface area contributed by atoms with Crippen molar-refractivity contribution in [1.29, 1.82) is 0 Å². The van der Waals surface area contributed by atoms with Gasteiger partial charge in [-0.1, -0.05) is 0 Å². The molecule has 5 unspecified atom stereocenters. The minimum Gasteiger partial charge on any atom is -0.394 e. The Morgan fingerprint density at radius 3 is 1.24 bits per heavy atom. The second-order valence-corrected chi connectivity index (χ2v) is 35.3. The van der Waals surface area contributed by atoms with Gasteiger partial charge in [-0.3, -0.25) is 102 Å². The van der Waals surface area contributed by atoms with Crippen molar-refractivity contribution in [1.82, 2.24) is 87.2 Å². The number of nitrogen functional groups attached to an aromatic ring is 5. The van der Waals surface area contributed by atoms with Crippen LogP contribution in [0.15, 0.2) is 84.8 Å². The van der Waals surface area contributed by atoms with Crippen molar-refractivity contribution >= 4 is 102 Å². The van der Waals surface area contributed by atoms with Crippen LogP contribution >= 0.6 is 39.1 Å². The lowest BCUT2D eigenvalue weighted by Gasteiger charge is -2.27. The Bertz CT molecular complexity index is 6210. The predicted molar refractivity (Wildman–Crippen MR) is 401 cm³/mol. The summed E-state index contributed by atoms with van der Waals surface area (Å²) in [7, 11) is -28.9. The highest BCUT2D eigenvalue weighted by Crippen LogP contribution is 2.57. The number of phosphoric acid groups is 5. The van der Waals surface area contributed by atoms with Gasteiger partial charge in [0.2, 0.25) is 11.9 Å². The van der Waals surface area contributed by atoms with Gasteiger partial charge in [-0.05, 0) is 19.1 Å². The molecule has 680 valence electrons. The minimum absolute atomic E-state index is 0.103. The van der Waals surface area contributed by atoms with E-state index in [1.165, 1.54) is 6.92 Å². The fourth-order valence-electron chi connectivity index (χ4n) is 14.2. The quantitative estimate of drug-likeness (QED) is 0.0174. The van der Waals surface area contributed by atoms with Gasteiger partial charge in [0.1, 0.15) is 133 Å². The Kier molecular flexibility index (Phi) is 25.4. The van der Waals surface area contributed by atoms with Crippen LogP contribution in [-0.4, -0.2) is 291 Å². The molecule has 0 amide bonds. The van der Waals surface area contributed by atoms with Crippen molar-refractivity contribution in [3.8, 4) is 0 Å². The number of nitrogens with two attached hydrogens (primary N) is 5. The molecule has 0 bridgehead atoms. The van der Waals surface area contributed by atoms with Crippen LogP contribution in [0.3, 0.4) is 0 Å². The molecule has 6 fully saturated rings. The number of H-pyrrole nitrogens is 3. The molecule has 62 nitrogen and oxygen atoms in total. The average Bonchev–Trinajstić information content (AvgIpc) is 1.62. The number of aromatic amines is 3. The molecular formula is C58H74N23O39P5. The first kappa shape index (κ1) is 90.5. The van der Waals surface area contributed by atoms with Gasteiger partial charge in [0, 0.05) is 30.6 Å². The zero-order valence-electron chi connectivity index (χ0n) is 63.1. The van der Waals surface area contributed by atoms with E-state index in [1.54, 1.807) is 0 Å². The number of nitrogens with zero attached hydrogens (tertiary/aromatic N) is 15. The van der Waals surface area contributed by atoms with Crippen LogP contribution in [0.4, 0.5) is 29.4 Å². The van der Waals surface area contributed by atoms with Crippen molar-refractivity contribution in [3.05, 3.63) is 124 Å². The molecule has 6 aliphatic heterocycles. The first-order valence-corrected chi connectivity index (χ1v) is 43.7. The SMILES string of the molecule is Cc1cn([C@H]2C[C@H](OP(=O)(O)OC[C@H]3O[C@@H](n4cnc5c(N)ncnc54)[C@H](O)[C@@H]3OP(=O)(O)OC[C@H]3O[C@@H](n4cnc5c(=O)[nH]c(N)nc54)[C@H](O)[C@@H]3OP(=O)(O)OC[C@H]3O[C@@H](n4cnc5c(=O)[nH]c(N)nc54)[C@H](O)[C@@H]3O)[C@@H](COP(=O)(O)O[C@H]3[C@@H](O)[C@H](n4ccc(N)nc4=O)O[C@@H]3COP(=O)(O)O[C@H]3[C@@H](O)[C@H](n4ccc(N)nc4=O)O[C@@H]3CO)O2)c(=O)[nH]c1=O. The van der Waals surface area contributed by atoms with Gasteiger partial charge < -0.3 is 117 Å². The lowest BCUT2D eigenvalue weighted by atomic mass is 10.1. The Balaban J connectivity index is 0.652. The Morgan fingerprint density at radius 1 is 0.424 bits per heavy atom. The van der Waals surface area contributed by atoms with E-state index in [9.17, 15) is 112 Å². The molecule has 67 heteroatoms. The van der Waals surface area contributed by atoms with Gasteiger partial charge in [-0.2, -0.15) is 19.9 Å². The molecule has 6 aliphatic rings. The number of imidazole rings is 3. The van der Waals surface area contributed by atoms with E-state index in [1.807, 2.05) is 4.98 Å². The second-order valence-electron chi connectivity index (χ2n) is 28.3. The zero-order chi connectivity index (χ0) is 89.7. The summed E-state index contributed by atoms with van der Waals surface area (Å²) in [5.41, 5.74) is 21.1. The standard InChI is InChI=1S/C58H74N23O39P5/c1-18-7-78(58(94)75-46(18)89)28-6-19(21(110-28)9-105-122(97,98)118-39-23(113-51(35(39)86)77-5-3-27(60)70-57(77)93)12-108-124(101,102)117-38-20(8-82)111-50(34(38)85)76-4-2-26(59)69-56(76)92)116-121(95,96)107-11-24-40(36(87)52(114-24)79-15-66-29-42(61)64-14-65-43(29)79)120-125(103,104)109-13-25-41(37(88)53(115-25)81-17-68-31-45(81)72-55(63)74-48(31)91)119-123(99,100)106-10-22-32(83)33(84)49(112-22)80-16-67-30-44(80)71-54(62)73-47(30)90/h2-5,7,14-17,19-25,28,32-41,49-53,82-88H,6,8-13H2,1H3,(H,95,96)(H,97,98)(H,99,100)(H,101,102)(H,103,104)(H2,59,69,92)(H2,60,70,93)(H2,61,64,65)(H,75,89,94)(H3,62,71,73,90)(H3,63,72,74,91)/t19-,20+,21+,22+,23+,24+,25+,28+,32+,33+,34+,35+,36+,37+,38+,39+,40+,41+,49+,50+,51+,52+,53+/m0/s1. The van der Waals surface area contributed by atoms with Gasteiger partial charge in [0.25, 0.3) is 16.7 Å². The Labute approximate surface area is 690 Å². The molecule has 0 spiro atoms. The number of aliphatic hydroxyl groups excluding tert-OH is 7. The molecule has 0 saturated carbocycles. The van der Waals surface area contributed by atoms with Crippen LogP contribution < -0.4 is 62.4 Å². The van der Waals surface area contributed by atoms with Crippen LogP contribution in [0.1, 0.15) is 49.4 Å². The van der Waals surface area contributed by atoms with Gasteiger partial charge >= 0.3 is 56.2 Å². The summed E-state index contributed by atoms with van der Waals surface area (Å²) < 4.78 is 165. The highest BCUT2D eigenvalue weighted by atomic mass is 31.2. The fourth-order valence-corrected chi connectivity index (χ4v) is 19.0. The molecule has 0 aromatic carbocycles. The molecule has 0 aliphatic carbocycles. The van der Waals surface area contributed by atoms with Crippen molar-refractivity contribution in [2.24, 2.45) is 0 Å². The van der Waals surface area contributed by atoms with Gasteiger partial charge in [-0.15, -0.1) is 0 Å². The summed E-state index contributed by atoms with van der Waals surface area (Å²) in [6, 6.07) is 2.19. The summed E-state index contributed by atoms with van der Waals surface area (Å²) in [6.45, 7) is -6.18. The van der Waals surface area contributed by atoms with E-state index in [0.717, 1.165) is 78.9 Å². The van der Waals surface area contributed by atoms with Crippen LogP contribution in [0, 0.1) is 6.92 Å². The zero-order valence-corrected chi connectivity index (χ0v) is 67.6. The van der Waals surface area contributed by atoms with E-state index < -0.39 is 272 Å². The summed E-state index contributed by atoms with van der Waals surface area (Å²) in [6.07, 6.45) is -39.6. The number of fused-ring (bicyclic) bond motifs is 3. The number of anilines is 5. The first-order valence-electron chi connectivity index (χ1n) is 36.2. The van der Waals surface area contributed by atoms with E-state index in [-0.39, 0.29) is 56.9 Å². The van der Waals surface area contributed by atoms with Gasteiger partial charge in [-0.25, -0.2) is 62.1 Å².